The van der Waals surface area contributed by atoms with Gasteiger partial charge in [0.15, 0.2) is 0 Å². The van der Waals surface area contributed by atoms with E-state index in [1.807, 2.05) is 47.0 Å². The quantitative estimate of drug-likeness (QED) is 0.731. The Hall–Kier alpha value is -2.73. The maximum absolute atomic E-state index is 12.7. The molecule has 0 aliphatic carbocycles. The predicted molar refractivity (Wildman–Crippen MR) is 105 cm³/mol. The molecule has 0 spiro atoms. The Labute approximate surface area is 159 Å². The van der Waals surface area contributed by atoms with E-state index in [4.69, 9.17) is 0 Å². The molecule has 2 aromatic carbocycles. The Bertz CT molecular complexity index is 887. The molecule has 6 nitrogen and oxygen atoms in total. The van der Waals surface area contributed by atoms with Gasteiger partial charge in [-0.25, -0.2) is 0 Å². The molecule has 27 heavy (non-hydrogen) atoms. The molecule has 1 aliphatic rings. The molecular formula is C21H25N5O. The zero-order chi connectivity index (χ0) is 18.5. The van der Waals surface area contributed by atoms with Crippen LogP contribution in [0.2, 0.25) is 0 Å². The second-order valence-electron chi connectivity index (χ2n) is 7.25. The molecule has 0 saturated carbocycles. The zero-order valence-electron chi connectivity index (χ0n) is 15.4. The van der Waals surface area contributed by atoms with E-state index in [9.17, 15) is 4.79 Å². The van der Waals surface area contributed by atoms with Crippen molar-refractivity contribution in [1.29, 1.82) is 0 Å². The fraction of sp³-hybridized carbons (Fsp3) is 0.381. The number of benzene rings is 2. The van der Waals surface area contributed by atoms with Crippen molar-refractivity contribution >= 4 is 16.7 Å². The SMILES string of the molecule is O=C(NC[C@@H]1CCCN(CCn2cnnc2)C1)c1cccc2ccccc12. The minimum absolute atomic E-state index is 0.0217. The van der Waals surface area contributed by atoms with Crippen LogP contribution in [-0.4, -0.2) is 51.8 Å². The largest absolute Gasteiger partial charge is 0.352 e. The van der Waals surface area contributed by atoms with Gasteiger partial charge in [0.25, 0.3) is 5.91 Å². The normalized spacial score (nSPS) is 17.9. The molecule has 1 aliphatic heterocycles. The topological polar surface area (TPSA) is 63.1 Å². The van der Waals surface area contributed by atoms with Crippen molar-refractivity contribution in [3.8, 4) is 0 Å². The van der Waals surface area contributed by atoms with Crippen LogP contribution in [0.25, 0.3) is 10.8 Å². The first kappa shape index (κ1) is 17.7. The lowest BCUT2D eigenvalue weighted by atomic mass is 9.97. The highest BCUT2D eigenvalue weighted by Gasteiger charge is 2.20. The van der Waals surface area contributed by atoms with E-state index in [2.05, 4.69) is 20.4 Å². The maximum Gasteiger partial charge on any atom is 0.251 e. The van der Waals surface area contributed by atoms with Crippen molar-refractivity contribution in [2.45, 2.75) is 19.4 Å². The van der Waals surface area contributed by atoms with Crippen molar-refractivity contribution < 1.29 is 4.79 Å². The number of hydrogen-bond acceptors (Lipinski definition) is 4. The van der Waals surface area contributed by atoms with Crippen molar-refractivity contribution in [3.63, 3.8) is 0 Å². The molecule has 1 fully saturated rings. The summed E-state index contributed by atoms with van der Waals surface area (Å²) in [4.78, 5) is 15.2. The van der Waals surface area contributed by atoms with Gasteiger partial charge in [-0.3, -0.25) is 4.79 Å². The van der Waals surface area contributed by atoms with Gasteiger partial charge >= 0.3 is 0 Å². The van der Waals surface area contributed by atoms with Crippen LogP contribution in [0.1, 0.15) is 23.2 Å². The molecule has 2 heterocycles. The summed E-state index contributed by atoms with van der Waals surface area (Å²) in [5, 5.41) is 13.0. The molecule has 1 aromatic heterocycles. The Kier molecular flexibility index (Phi) is 5.44. The summed E-state index contributed by atoms with van der Waals surface area (Å²) in [5.74, 6) is 0.520. The van der Waals surface area contributed by atoms with Gasteiger partial charge in [-0.1, -0.05) is 36.4 Å². The summed E-state index contributed by atoms with van der Waals surface area (Å²) < 4.78 is 2.01. The highest BCUT2D eigenvalue weighted by molar-refractivity contribution is 6.06. The van der Waals surface area contributed by atoms with Crippen molar-refractivity contribution in [2.24, 2.45) is 5.92 Å². The smallest absolute Gasteiger partial charge is 0.251 e. The number of likely N-dealkylation sites (tertiary alicyclic amines) is 1. The first-order valence-corrected chi connectivity index (χ1v) is 9.60. The van der Waals surface area contributed by atoms with E-state index >= 15 is 0 Å². The van der Waals surface area contributed by atoms with Crippen LogP contribution in [0, 0.1) is 5.92 Å². The number of carbonyl (C=O) groups excluding carboxylic acids is 1. The van der Waals surface area contributed by atoms with Crippen molar-refractivity contribution in [2.75, 3.05) is 26.2 Å². The lowest BCUT2D eigenvalue weighted by Gasteiger charge is -2.32. The van der Waals surface area contributed by atoms with E-state index in [1.54, 1.807) is 12.7 Å². The molecule has 4 rings (SSSR count). The molecular weight excluding hydrogens is 338 g/mol. The third kappa shape index (κ3) is 4.34. The van der Waals surface area contributed by atoms with Crippen LogP contribution >= 0.6 is 0 Å². The van der Waals surface area contributed by atoms with Gasteiger partial charge in [-0.05, 0) is 42.1 Å². The number of aromatic nitrogens is 3. The maximum atomic E-state index is 12.7. The lowest BCUT2D eigenvalue weighted by molar-refractivity contribution is 0.0933. The summed E-state index contributed by atoms with van der Waals surface area (Å²) >= 11 is 0. The summed E-state index contributed by atoms with van der Waals surface area (Å²) in [7, 11) is 0. The lowest BCUT2D eigenvalue weighted by Crippen LogP contribution is -2.42. The summed E-state index contributed by atoms with van der Waals surface area (Å²) in [6.45, 7) is 4.77. The van der Waals surface area contributed by atoms with Crippen molar-refractivity contribution in [1.82, 2.24) is 25.0 Å². The monoisotopic (exact) mass is 363 g/mol. The van der Waals surface area contributed by atoms with Gasteiger partial charge in [0.2, 0.25) is 0 Å². The summed E-state index contributed by atoms with van der Waals surface area (Å²) in [5.41, 5.74) is 0.758. The number of amides is 1. The number of rotatable bonds is 6. The van der Waals surface area contributed by atoms with Crippen LogP contribution in [-0.2, 0) is 6.54 Å². The highest BCUT2D eigenvalue weighted by atomic mass is 16.1. The standard InChI is InChI=1S/C21H25N5O/c27-21(20-9-3-7-18-6-1-2-8-19(18)20)22-13-17-5-4-10-25(14-17)11-12-26-15-23-24-16-26/h1-3,6-9,15-17H,4-5,10-14H2,(H,22,27)/t17-/m0/s1. The molecule has 6 heteroatoms. The van der Waals surface area contributed by atoms with E-state index in [0.29, 0.717) is 5.92 Å². The summed E-state index contributed by atoms with van der Waals surface area (Å²) in [6.07, 6.45) is 5.85. The average Bonchev–Trinajstić information content (AvgIpc) is 3.24. The van der Waals surface area contributed by atoms with E-state index in [0.717, 1.165) is 49.1 Å². The zero-order valence-corrected chi connectivity index (χ0v) is 15.4. The number of fused-ring (bicyclic) bond motifs is 1. The van der Waals surface area contributed by atoms with E-state index < -0.39 is 0 Å². The Morgan fingerprint density at radius 1 is 1.07 bits per heavy atom. The first-order valence-electron chi connectivity index (χ1n) is 9.60. The second-order valence-corrected chi connectivity index (χ2v) is 7.25. The minimum atomic E-state index is 0.0217. The molecule has 1 amide bonds. The summed E-state index contributed by atoms with van der Waals surface area (Å²) in [6, 6.07) is 13.9. The molecule has 3 aromatic rings. The number of carbonyl (C=O) groups is 1. The molecule has 1 N–H and O–H groups in total. The van der Waals surface area contributed by atoms with Crippen LogP contribution < -0.4 is 5.32 Å². The number of nitrogens with zero attached hydrogens (tertiary/aromatic N) is 4. The molecule has 0 bridgehead atoms. The first-order chi connectivity index (χ1) is 13.3. The van der Waals surface area contributed by atoms with E-state index in [1.165, 1.54) is 12.8 Å². The number of hydrogen-bond donors (Lipinski definition) is 1. The van der Waals surface area contributed by atoms with Crippen LogP contribution in [0.3, 0.4) is 0 Å². The fourth-order valence-corrected chi connectivity index (χ4v) is 3.87. The Morgan fingerprint density at radius 2 is 1.89 bits per heavy atom. The molecule has 1 atom stereocenters. The van der Waals surface area contributed by atoms with Gasteiger partial charge in [0, 0.05) is 31.7 Å². The number of nitrogens with one attached hydrogen (secondary N) is 1. The predicted octanol–water partition coefficient (Wildman–Crippen LogP) is 2.57. The van der Waals surface area contributed by atoms with Gasteiger partial charge in [0.05, 0.1) is 0 Å². The van der Waals surface area contributed by atoms with Crippen LogP contribution in [0.5, 0.6) is 0 Å². The van der Waals surface area contributed by atoms with E-state index in [-0.39, 0.29) is 5.91 Å². The van der Waals surface area contributed by atoms with Gasteiger partial charge in [-0.2, -0.15) is 0 Å². The minimum Gasteiger partial charge on any atom is -0.352 e. The fourth-order valence-electron chi connectivity index (χ4n) is 3.87. The molecule has 140 valence electrons. The van der Waals surface area contributed by atoms with Gasteiger partial charge in [-0.15, -0.1) is 10.2 Å². The van der Waals surface area contributed by atoms with Crippen molar-refractivity contribution in [3.05, 3.63) is 60.7 Å². The Balaban J connectivity index is 1.31. The third-order valence-corrected chi connectivity index (χ3v) is 5.33. The molecule has 1 saturated heterocycles. The third-order valence-electron chi connectivity index (χ3n) is 5.33. The second kappa shape index (κ2) is 8.31. The van der Waals surface area contributed by atoms with Crippen LogP contribution in [0.15, 0.2) is 55.1 Å². The Morgan fingerprint density at radius 3 is 2.78 bits per heavy atom. The van der Waals surface area contributed by atoms with Crippen LogP contribution in [0.4, 0.5) is 0 Å². The average molecular weight is 363 g/mol. The highest BCUT2D eigenvalue weighted by Crippen LogP contribution is 2.19. The van der Waals surface area contributed by atoms with Gasteiger partial charge < -0.3 is 14.8 Å². The van der Waals surface area contributed by atoms with Gasteiger partial charge in [0.1, 0.15) is 12.7 Å². The number of piperidine rings is 1. The molecule has 0 unspecified atom stereocenters. The molecule has 0 radical (unpaired) electrons.